The Labute approximate surface area is 169 Å². The van der Waals surface area contributed by atoms with Crippen LogP contribution in [-0.4, -0.2) is 21.4 Å². The van der Waals surface area contributed by atoms with E-state index in [-0.39, 0.29) is 30.1 Å². The van der Waals surface area contributed by atoms with Crippen molar-refractivity contribution >= 4 is 11.8 Å². The number of carboxylic acids is 1. The van der Waals surface area contributed by atoms with Crippen LogP contribution in [0.2, 0.25) is 0 Å². The molecule has 0 aliphatic heterocycles. The molecule has 0 aliphatic rings. The predicted molar refractivity (Wildman–Crippen MR) is 111 cm³/mol. The molecule has 0 saturated heterocycles. The number of hydrogen-bond donors (Lipinski definition) is 1. The van der Waals surface area contributed by atoms with Crippen molar-refractivity contribution < 1.29 is 14.7 Å². The molecule has 3 aromatic rings. The number of benzene rings is 2. The maximum atomic E-state index is 13.0. The number of aromatic nitrogens is 1. The quantitative estimate of drug-likeness (QED) is 0.625. The molecular formula is C24H23NO4. The minimum Gasteiger partial charge on any atom is -0.481 e. The van der Waals surface area contributed by atoms with E-state index >= 15 is 0 Å². The highest BCUT2D eigenvalue weighted by Gasteiger charge is 2.21. The standard InChI is InChI=1S/C24H23NO4/c1-16-5-3-4-6-20(16)21(18-9-7-17(8-10-18)13-24(28)29)14-22(26)19-11-12-23(27)25(2)15-19/h3-12,15,21H,13-14H2,1-2H3,(H,28,29). The lowest BCUT2D eigenvalue weighted by molar-refractivity contribution is -0.136. The second-order valence-electron chi connectivity index (χ2n) is 7.22. The molecule has 0 amide bonds. The Morgan fingerprint density at radius 2 is 1.69 bits per heavy atom. The Balaban J connectivity index is 1.96. The summed E-state index contributed by atoms with van der Waals surface area (Å²) in [5, 5.41) is 8.98. The van der Waals surface area contributed by atoms with Crippen molar-refractivity contribution in [3.05, 3.63) is 105 Å². The van der Waals surface area contributed by atoms with E-state index in [4.69, 9.17) is 5.11 Å². The largest absolute Gasteiger partial charge is 0.481 e. The molecule has 1 N–H and O–H groups in total. The van der Waals surface area contributed by atoms with Crippen molar-refractivity contribution in [3.63, 3.8) is 0 Å². The monoisotopic (exact) mass is 389 g/mol. The van der Waals surface area contributed by atoms with E-state index in [2.05, 4.69) is 0 Å². The topological polar surface area (TPSA) is 76.4 Å². The molecule has 1 heterocycles. The van der Waals surface area contributed by atoms with Gasteiger partial charge in [-0.1, -0.05) is 48.5 Å². The first-order chi connectivity index (χ1) is 13.8. The summed E-state index contributed by atoms with van der Waals surface area (Å²) in [6.07, 6.45) is 1.78. The van der Waals surface area contributed by atoms with Gasteiger partial charge in [-0.2, -0.15) is 0 Å². The van der Waals surface area contributed by atoms with Crippen LogP contribution in [0.4, 0.5) is 0 Å². The summed E-state index contributed by atoms with van der Waals surface area (Å²) in [5.41, 5.74) is 4.14. The van der Waals surface area contributed by atoms with Crippen molar-refractivity contribution in [1.29, 1.82) is 0 Å². The number of nitrogens with zero attached hydrogens (tertiary/aromatic N) is 1. The highest BCUT2D eigenvalue weighted by molar-refractivity contribution is 5.96. The number of aryl methyl sites for hydroxylation is 2. The van der Waals surface area contributed by atoms with Gasteiger partial charge in [0, 0.05) is 37.2 Å². The first-order valence-corrected chi connectivity index (χ1v) is 9.41. The maximum Gasteiger partial charge on any atom is 0.307 e. The lowest BCUT2D eigenvalue weighted by atomic mass is 9.83. The first kappa shape index (κ1) is 20.3. The SMILES string of the molecule is Cc1ccccc1C(CC(=O)c1ccc(=O)n(C)c1)c1ccc(CC(=O)O)cc1. The normalized spacial score (nSPS) is 11.8. The molecule has 0 saturated carbocycles. The van der Waals surface area contributed by atoms with Crippen LogP contribution in [0.3, 0.4) is 0 Å². The summed E-state index contributed by atoms with van der Waals surface area (Å²) in [6, 6.07) is 18.3. The van der Waals surface area contributed by atoms with Gasteiger partial charge in [0.05, 0.1) is 6.42 Å². The summed E-state index contributed by atoms with van der Waals surface area (Å²) >= 11 is 0. The smallest absolute Gasteiger partial charge is 0.307 e. The number of Topliss-reactive ketones (excluding diaryl/α,β-unsaturated/α-hetero) is 1. The van der Waals surface area contributed by atoms with Crippen LogP contribution < -0.4 is 5.56 Å². The summed E-state index contributed by atoms with van der Waals surface area (Å²) in [5.74, 6) is -1.10. The number of ketones is 1. The minimum absolute atomic E-state index is 0.0354. The molecule has 0 spiro atoms. The first-order valence-electron chi connectivity index (χ1n) is 9.41. The molecule has 0 fully saturated rings. The predicted octanol–water partition coefficient (Wildman–Crippen LogP) is 3.73. The van der Waals surface area contributed by atoms with Crippen LogP contribution in [0.5, 0.6) is 0 Å². The van der Waals surface area contributed by atoms with Gasteiger partial charge in [0.2, 0.25) is 5.56 Å². The highest BCUT2D eigenvalue weighted by Crippen LogP contribution is 2.31. The van der Waals surface area contributed by atoms with E-state index in [1.54, 1.807) is 31.4 Å². The van der Waals surface area contributed by atoms with Crippen molar-refractivity contribution in [3.8, 4) is 0 Å². The van der Waals surface area contributed by atoms with Gasteiger partial charge in [0.25, 0.3) is 0 Å². The lowest BCUT2D eigenvalue weighted by Gasteiger charge is -2.20. The zero-order chi connectivity index (χ0) is 21.0. The van der Waals surface area contributed by atoms with Gasteiger partial charge in [-0.15, -0.1) is 0 Å². The Hall–Kier alpha value is -3.47. The van der Waals surface area contributed by atoms with Gasteiger partial charge in [0.1, 0.15) is 0 Å². The lowest BCUT2D eigenvalue weighted by Crippen LogP contribution is -2.17. The van der Waals surface area contributed by atoms with Gasteiger partial charge in [-0.05, 0) is 35.2 Å². The minimum atomic E-state index is -0.877. The fraction of sp³-hybridized carbons (Fsp3) is 0.208. The Morgan fingerprint density at radius 1 is 1.00 bits per heavy atom. The number of hydrogen-bond acceptors (Lipinski definition) is 3. The zero-order valence-corrected chi connectivity index (χ0v) is 16.5. The summed E-state index contributed by atoms with van der Waals surface area (Å²) in [6.45, 7) is 2.01. The van der Waals surface area contributed by atoms with Gasteiger partial charge < -0.3 is 9.67 Å². The van der Waals surface area contributed by atoms with Crippen LogP contribution in [0.1, 0.15) is 45.0 Å². The zero-order valence-electron chi connectivity index (χ0n) is 16.5. The number of rotatable bonds is 7. The molecule has 5 heteroatoms. The molecule has 29 heavy (non-hydrogen) atoms. The Kier molecular flexibility index (Phi) is 6.07. The Morgan fingerprint density at radius 3 is 2.31 bits per heavy atom. The van der Waals surface area contributed by atoms with E-state index in [0.29, 0.717) is 11.1 Å². The van der Waals surface area contributed by atoms with Gasteiger partial charge in [0.15, 0.2) is 5.78 Å². The van der Waals surface area contributed by atoms with E-state index in [9.17, 15) is 14.4 Å². The van der Waals surface area contributed by atoms with Gasteiger partial charge >= 0.3 is 5.97 Å². The van der Waals surface area contributed by atoms with E-state index < -0.39 is 5.97 Å². The average Bonchev–Trinajstić information content (AvgIpc) is 2.69. The fourth-order valence-corrected chi connectivity index (χ4v) is 3.49. The molecule has 0 bridgehead atoms. The van der Waals surface area contributed by atoms with Crippen molar-refractivity contribution in [2.24, 2.45) is 7.05 Å². The molecule has 3 rings (SSSR count). The molecule has 1 aromatic heterocycles. The van der Waals surface area contributed by atoms with Crippen molar-refractivity contribution in [2.45, 2.75) is 25.7 Å². The fourth-order valence-electron chi connectivity index (χ4n) is 3.49. The van der Waals surface area contributed by atoms with Crippen molar-refractivity contribution in [1.82, 2.24) is 4.57 Å². The van der Waals surface area contributed by atoms with Crippen LogP contribution in [0, 0.1) is 6.92 Å². The number of carboxylic acid groups (broad SMARTS) is 1. The molecule has 2 aromatic carbocycles. The molecule has 0 radical (unpaired) electrons. The molecule has 1 atom stereocenters. The van der Waals surface area contributed by atoms with Crippen LogP contribution >= 0.6 is 0 Å². The number of aliphatic carboxylic acids is 1. The van der Waals surface area contributed by atoms with Crippen molar-refractivity contribution in [2.75, 3.05) is 0 Å². The number of carbonyl (C=O) groups excluding carboxylic acids is 1. The summed E-state index contributed by atoms with van der Waals surface area (Å²) in [7, 11) is 1.62. The van der Waals surface area contributed by atoms with Gasteiger partial charge in [-0.25, -0.2) is 0 Å². The average molecular weight is 389 g/mol. The third kappa shape index (κ3) is 4.88. The summed E-state index contributed by atoms with van der Waals surface area (Å²) in [4.78, 5) is 35.6. The Bertz CT molecular complexity index is 1100. The van der Waals surface area contributed by atoms with Crippen LogP contribution in [0.25, 0.3) is 0 Å². The highest BCUT2D eigenvalue weighted by atomic mass is 16.4. The third-order valence-electron chi connectivity index (χ3n) is 5.10. The molecule has 0 aliphatic carbocycles. The number of pyridine rings is 1. The molecule has 1 unspecified atom stereocenters. The molecule has 5 nitrogen and oxygen atoms in total. The second kappa shape index (κ2) is 8.69. The summed E-state index contributed by atoms with van der Waals surface area (Å²) < 4.78 is 1.40. The van der Waals surface area contributed by atoms with E-state index in [0.717, 1.165) is 16.7 Å². The second-order valence-corrected chi connectivity index (χ2v) is 7.22. The number of carbonyl (C=O) groups is 2. The van der Waals surface area contributed by atoms with E-state index in [1.807, 2.05) is 43.3 Å². The van der Waals surface area contributed by atoms with Crippen LogP contribution in [-0.2, 0) is 18.3 Å². The molecule has 148 valence electrons. The molecular weight excluding hydrogens is 366 g/mol. The van der Waals surface area contributed by atoms with Crippen LogP contribution in [0.15, 0.2) is 71.7 Å². The van der Waals surface area contributed by atoms with E-state index in [1.165, 1.54) is 10.6 Å². The third-order valence-corrected chi connectivity index (χ3v) is 5.10. The maximum absolute atomic E-state index is 13.0. The van der Waals surface area contributed by atoms with Gasteiger partial charge in [-0.3, -0.25) is 14.4 Å².